The number of rotatable bonds is 14. The Kier molecular flexibility index (Phi) is 13.8. The number of carbonyl (C=O) groups excluding carboxylic acids is 1. The fourth-order valence-electron chi connectivity index (χ4n) is 10.2. The van der Waals surface area contributed by atoms with Gasteiger partial charge in [-0.2, -0.15) is 16.8 Å². The fraction of sp³-hybridized carbons (Fsp3) is 0.107. The number of sulfone groups is 1. The van der Waals surface area contributed by atoms with E-state index in [1.165, 1.54) is 81.4 Å². The largest absolute Gasteiger partial charge is 0.494 e. The van der Waals surface area contributed by atoms with Crippen molar-refractivity contribution in [3.63, 3.8) is 0 Å². The van der Waals surface area contributed by atoms with Crippen LogP contribution >= 0.6 is 0 Å². The van der Waals surface area contributed by atoms with Crippen LogP contribution in [-0.2, 0) is 46.6 Å². The van der Waals surface area contributed by atoms with Gasteiger partial charge >= 0.3 is 0 Å². The van der Waals surface area contributed by atoms with E-state index in [-0.39, 0.29) is 108 Å². The second kappa shape index (κ2) is 21.0. The minimum Gasteiger partial charge on any atom is -0.494 e. The number of benzene rings is 6. The van der Waals surface area contributed by atoms with Gasteiger partial charge in [0.25, 0.3) is 35.8 Å². The van der Waals surface area contributed by atoms with E-state index in [1.807, 2.05) is 36.4 Å². The standard InChI is InChI=1S/C56H43N13O13S4/c1-4-69-55(71)43(29(3)70)28(2)46(56(69)72)67-66-39-27-31(21-24-40(39)85(77,78)79)57-25-26-83(73,74)32-22-19-30(20-23-32)68-84(75,76)41-17-9-15-37-44(41)53-63-51(37)61-49-34-12-6-5-11-33(34)47(59-49)58-48-35-13-7-8-14-36(35)50(60-48)62-54-45-38(52(64-53)65-54)16-10-18-42(45)86(80,81)82/h5-24,27,57,68,71H,4,25-26H2,1-3H3,(H,77,78,79)(H,80,81,82)(H2,58,59,60,61,62,63,64,65). The number of hydrogen-bond donors (Lipinski definition) is 7. The van der Waals surface area contributed by atoms with Gasteiger partial charge in [0.1, 0.15) is 38.1 Å². The molecule has 2 aliphatic heterocycles. The lowest BCUT2D eigenvalue weighted by atomic mass is 10.1. The molecule has 0 spiro atoms. The summed E-state index contributed by atoms with van der Waals surface area (Å²) in [5.41, 5.74) is 0.122. The van der Waals surface area contributed by atoms with Crippen LogP contribution in [0.3, 0.4) is 0 Å². The molecule has 0 radical (unpaired) electrons. The van der Waals surface area contributed by atoms with Crippen molar-refractivity contribution in [3.05, 3.63) is 149 Å². The van der Waals surface area contributed by atoms with Crippen molar-refractivity contribution in [3.8, 4) is 51.4 Å². The Morgan fingerprint density at radius 2 is 1.14 bits per heavy atom. The molecule has 0 unspecified atom stereocenters. The van der Waals surface area contributed by atoms with E-state index in [4.69, 9.17) is 29.9 Å². The number of ketones is 1. The van der Waals surface area contributed by atoms with Crippen LogP contribution in [0.1, 0.15) is 29.8 Å². The number of H-pyrrole nitrogens is 2. The first-order valence-electron chi connectivity index (χ1n) is 25.7. The Hall–Kier alpha value is -9.98. The molecule has 0 amide bonds. The number of aromatic amines is 2. The highest BCUT2D eigenvalue weighted by Crippen LogP contribution is 2.41. The molecule has 2 aliphatic rings. The normalized spacial score (nSPS) is 12.6. The summed E-state index contributed by atoms with van der Waals surface area (Å²) in [6.45, 7) is 3.73. The molecule has 12 rings (SSSR count). The second-order valence-corrected chi connectivity index (χ2v) is 26.1. The van der Waals surface area contributed by atoms with Crippen LogP contribution in [0.25, 0.3) is 89.7 Å². The number of pyridine rings is 1. The van der Waals surface area contributed by atoms with E-state index in [1.54, 1.807) is 18.2 Å². The van der Waals surface area contributed by atoms with Gasteiger partial charge in [0.15, 0.2) is 44.6 Å². The van der Waals surface area contributed by atoms with Gasteiger partial charge in [0.05, 0.1) is 26.7 Å². The maximum absolute atomic E-state index is 14.7. The number of aromatic hydroxyl groups is 1. The van der Waals surface area contributed by atoms with Gasteiger partial charge in [-0.05, 0) is 80.9 Å². The topological polar surface area (TPSA) is 394 Å². The molecule has 10 aromatic rings. The van der Waals surface area contributed by atoms with Crippen molar-refractivity contribution < 1.29 is 52.7 Å². The molecular weight excluding hydrogens is 1190 g/mol. The summed E-state index contributed by atoms with van der Waals surface area (Å²) in [6, 6.07) is 31.2. The van der Waals surface area contributed by atoms with Gasteiger partial charge in [-0.1, -0.05) is 72.8 Å². The number of fused-ring (bicyclic) bond motifs is 20. The van der Waals surface area contributed by atoms with Crippen molar-refractivity contribution in [2.45, 2.75) is 46.9 Å². The van der Waals surface area contributed by atoms with Crippen LogP contribution in [0, 0.1) is 6.92 Å². The molecule has 434 valence electrons. The summed E-state index contributed by atoms with van der Waals surface area (Å²) in [5.74, 6) is -1.44. The molecule has 6 heterocycles. The second-order valence-electron chi connectivity index (χ2n) is 19.5. The number of azo groups is 1. The number of anilines is 2. The number of carbonyl (C=O) groups is 1. The Balaban J connectivity index is 0.875. The predicted molar refractivity (Wildman–Crippen MR) is 317 cm³/mol. The lowest BCUT2D eigenvalue weighted by Crippen LogP contribution is -2.22. The summed E-state index contributed by atoms with van der Waals surface area (Å²) in [4.78, 5) is 59.3. The third kappa shape index (κ3) is 10.1. The first-order chi connectivity index (χ1) is 40.9. The van der Waals surface area contributed by atoms with E-state index in [0.29, 0.717) is 33.2 Å². The number of aromatic nitrogens is 9. The molecule has 26 nitrogen and oxygen atoms in total. The lowest BCUT2D eigenvalue weighted by molar-refractivity contribution is 0.101. The average Bonchev–Trinajstić information content (AvgIpc) is 2.21. The maximum atomic E-state index is 14.7. The third-order valence-corrected chi connectivity index (χ3v) is 19.1. The fourth-order valence-corrected chi connectivity index (χ4v) is 14.0. The Morgan fingerprint density at radius 3 is 1.78 bits per heavy atom. The van der Waals surface area contributed by atoms with Gasteiger partial charge < -0.3 is 20.4 Å². The van der Waals surface area contributed by atoms with E-state index < -0.39 is 78.6 Å². The monoisotopic (exact) mass is 1230 g/mol. The molecule has 6 aromatic carbocycles. The molecule has 4 aromatic heterocycles. The zero-order chi connectivity index (χ0) is 60.8. The van der Waals surface area contributed by atoms with Gasteiger partial charge in [0.2, 0.25) is 5.88 Å². The number of nitrogens with one attached hydrogen (secondary N) is 4. The van der Waals surface area contributed by atoms with Crippen molar-refractivity contribution in [2.24, 2.45) is 10.2 Å². The van der Waals surface area contributed by atoms with Crippen LogP contribution in [0.15, 0.2) is 162 Å². The number of nitrogens with zero attached hydrogens (tertiary/aromatic N) is 9. The highest BCUT2D eigenvalue weighted by molar-refractivity contribution is 7.93. The summed E-state index contributed by atoms with van der Waals surface area (Å²) >= 11 is 0. The quantitative estimate of drug-likeness (QED) is 0.0303. The minimum atomic E-state index is -4.93. The number of hydrogen-bond acceptors (Lipinski definition) is 20. The minimum absolute atomic E-state index is 0.0182. The summed E-state index contributed by atoms with van der Waals surface area (Å²) < 4.78 is 131. The van der Waals surface area contributed by atoms with Gasteiger partial charge in [0, 0.05) is 62.7 Å². The molecular formula is C56H43N13O13S4. The molecule has 30 heteroatoms. The molecule has 0 saturated carbocycles. The van der Waals surface area contributed by atoms with Crippen LogP contribution in [-0.4, -0.2) is 110 Å². The Morgan fingerprint density at radius 1 is 0.605 bits per heavy atom. The van der Waals surface area contributed by atoms with Crippen LogP contribution in [0.4, 0.5) is 22.7 Å². The molecule has 7 N–H and O–H groups in total. The Bertz CT molecular complexity index is 5360. The molecule has 0 atom stereocenters. The molecule has 0 fully saturated rings. The summed E-state index contributed by atoms with van der Waals surface area (Å²) in [6.07, 6.45) is 0. The van der Waals surface area contributed by atoms with Crippen molar-refractivity contribution in [1.29, 1.82) is 0 Å². The average molecular weight is 1230 g/mol. The smallest absolute Gasteiger partial charge is 0.296 e. The molecule has 0 aliphatic carbocycles. The molecule has 8 bridgehead atoms. The van der Waals surface area contributed by atoms with Crippen molar-refractivity contribution in [1.82, 2.24) is 44.4 Å². The maximum Gasteiger partial charge on any atom is 0.296 e. The van der Waals surface area contributed by atoms with Crippen LogP contribution in [0.5, 0.6) is 5.88 Å². The van der Waals surface area contributed by atoms with Crippen molar-refractivity contribution >= 4 is 113 Å². The SMILES string of the molecule is CCn1c(O)c(C(C)=O)c(C)c(N=Nc2cc(NCCS(=O)(=O)c3ccc(NS(=O)(=O)c4cccc5c4-c4nc-5nc5[nH]c(nc6nc(nc7[nH]c(n4)c4cccc(S(=O)(=O)O)c74)-c4ccccc4-6)c4ccccc54)cc3)ccc2S(=O)(=O)O)c1=O. The number of Topliss-reactive ketones (excluding diaryl/α,β-unsaturated/α-hetero) is 1. The van der Waals surface area contributed by atoms with E-state index in [2.05, 4.69) is 30.2 Å². The zero-order valence-corrected chi connectivity index (χ0v) is 48.1. The van der Waals surface area contributed by atoms with E-state index in [0.717, 1.165) is 16.7 Å². The summed E-state index contributed by atoms with van der Waals surface area (Å²) in [5, 5.41) is 22.7. The molecule has 86 heavy (non-hydrogen) atoms. The predicted octanol–water partition coefficient (Wildman–Crippen LogP) is 8.86. The first-order valence-corrected chi connectivity index (χ1v) is 31.8. The van der Waals surface area contributed by atoms with E-state index in [9.17, 15) is 57.5 Å². The Labute approximate surface area is 487 Å². The lowest BCUT2D eigenvalue weighted by Gasteiger charge is -2.13. The van der Waals surface area contributed by atoms with Gasteiger partial charge in [-0.3, -0.25) is 28.0 Å². The first kappa shape index (κ1) is 56.5. The van der Waals surface area contributed by atoms with E-state index >= 15 is 0 Å². The highest BCUT2D eigenvalue weighted by atomic mass is 32.2. The zero-order valence-electron chi connectivity index (χ0n) is 44.8. The summed E-state index contributed by atoms with van der Waals surface area (Å²) in [7, 11) is -18.6. The van der Waals surface area contributed by atoms with Crippen LogP contribution < -0.4 is 15.6 Å². The third-order valence-electron chi connectivity index (χ3n) is 14.2. The highest BCUT2D eigenvalue weighted by Gasteiger charge is 2.31. The van der Waals surface area contributed by atoms with Gasteiger partial charge in [-0.15, -0.1) is 10.2 Å². The number of sulfonamides is 1. The molecule has 0 saturated heterocycles. The van der Waals surface area contributed by atoms with Gasteiger partial charge in [-0.25, -0.2) is 46.7 Å². The van der Waals surface area contributed by atoms with Crippen LogP contribution in [0.2, 0.25) is 0 Å². The van der Waals surface area contributed by atoms with Crippen molar-refractivity contribution in [2.75, 3.05) is 22.3 Å².